The van der Waals surface area contributed by atoms with Gasteiger partial charge >= 0.3 is 57.8 Å². The third-order valence-corrected chi connectivity index (χ3v) is 4.53. The quantitative estimate of drug-likeness (QED) is 0.257. The van der Waals surface area contributed by atoms with Gasteiger partial charge in [-0.05, 0) is 6.92 Å². The number of aliphatic hydroxyl groups is 1. The summed E-state index contributed by atoms with van der Waals surface area (Å²) in [5.74, 6) is -2.89. The molecule has 0 aliphatic carbocycles. The monoisotopic (exact) mass is 562 g/mol. The Labute approximate surface area is 202 Å². The van der Waals surface area contributed by atoms with Gasteiger partial charge in [0, 0.05) is 58.9 Å². The number of carbonyl (C=O) groups is 3. The maximum Gasteiger partial charge on any atom is 3.00 e. The molecule has 0 spiro atoms. The minimum Gasteiger partial charge on any atom is -0.480 e. The van der Waals surface area contributed by atoms with Crippen LogP contribution in [0.15, 0.2) is 0 Å². The van der Waals surface area contributed by atoms with E-state index in [2.05, 4.69) is 0 Å². The number of aliphatic carboxylic acids is 3. The summed E-state index contributed by atoms with van der Waals surface area (Å²) >= 11 is 0. The van der Waals surface area contributed by atoms with Gasteiger partial charge in [-0.3, -0.25) is 34.0 Å². The van der Waals surface area contributed by atoms with E-state index in [-0.39, 0.29) is 59.6 Å². The normalized spacial score (nSPS) is 20.1. The number of rotatable bonds is 8. The molecule has 1 unspecified atom stereocenters. The summed E-state index contributed by atoms with van der Waals surface area (Å²) in [5.41, 5.74) is 0. The molecule has 1 rings (SSSR count). The van der Waals surface area contributed by atoms with Crippen molar-refractivity contribution in [3.63, 3.8) is 0 Å². The molecule has 29 heavy (non-hydrogen) atoms. The number of hydrogen-bond donors (Lipinski definition) is 4. The third kappa shape index (κ3) is 14.2. The Kier molecular flexibility index (Phi) is 15.1. The molecule has 1 aliphatic rings. The number of carboxylic acids is 3. The van der Waals surface area contributed by atoms with Gasteiger partial charge in [-0.2, -0.15) is 0 Å². The predicted molar refractivity (Wildman–Crippen MR) is 100 cm³/mol. The van der Waals surface area contributed by atoms with E-state index in [4.69, 9.17) is 15.3 Å². The van der Waals surface area contributed by atoms with Gasteiger partial charge in [0.2, 0.25) is 0 Å². The van der Waals surface area contributed by atoms with E-state index < -0.39 is 24.0 Å². The van der Waals surface area contributed by atoms with Gasteiger partial charge < -0.3 is 20.4 Å². The zero-order chi connectivity index (χ0) is 21.1. The molecule has 1 saturated heterocycles. The van der Waals surface area contributed by atoms with Crippen molar-refractivity contribution in [1.29, 1.82) is 0 Å². The number of hydrogen-bond acceptors (Lipinski definition) is 8. The number of nitrogens with zero attached hydrogens (tertiary/aromatic N) is 4. The van der Waals surface area contributed by atoms with Crippen molar-refractivity contribution in [2.45, 2.75) is 13.0 Å². The van der Waals surface area contributed by atoms with Crippen molar-refractivity contribution in [2.24, 2.45) is 0 Å². The maximum atomic E-state index is 11.1. The Morgan fingerprint density at radius 3 is 1.10 bits per heavy atom. The predicted octanol–water partition coefficient (Wildman–Crippen LogP) is -2.16. The van der Waals surface area contributed by atoms with Crippen LogP contribution in [0.25, 0.3) is 0 Å². The van der Waals surface area contributed by atoms with E-state index >= 15 is 0 Å². The molecular weight excluding hydrogens is 529 g/mol. The SMILES string of the molecule is CC(O)CN1CCN(CC(=O)O)CCN(CC(=O)O)CCN(CC(=O)O)CC1.[Gd+3]. The molecule has 4 N–H and O–H groups in total. The largest absolute Gasteiger partial charge is 3.00 e. The van der Waals surface area contributed by atoms with Gasteiger partial charge in [-0.1, -0.05) is 0 Å². The summed E-state index contributed by atoms with van der Waals surface area (Å²) in [6.07, 6.45) is -0.556. The van der Waals surface area contributed by atoms with Crippen molar-refractivity contribution >= 4 is 17.9 Å². The van der Waals surface area contributed by atoms with Gasteiger partial charge in [0.25, 0.3) is 0 Å². The van der Waals surface area contributed by atoms with Gasteiger partial charge in [0.15, 0.2) is 0 Å². The Morgan fingerprint density at radius 2 is 0.897 bits per heavy atom. The summed E-state index contributed by atoms with van der Waals surface area (Å²) in [7, 11) is 0. The van der Waals surface area contributed by atoms with Crippen LogP contribution in [-0.2, 0) is 14.4 Å². The third-order valence-electron chi connectivity index (χ3n) is 4.53. The van der Waals surface area contributed by atoms with E-state index in [9.17, 15) is 19.5 Å². The zero-order valence-corrected chi connectivity index (χ0v) is 19.0. The summed E-state index contributed by atoms with van der Waals surface area (Å²) in [6, 6.07) is 0. The Morgan fingerprint density at radius 1 is 0.655 bits per heavy atom. The van der Waals surface area contributed by atoms with Crippen LogP contribution >= 0.6 is 0 Å². The molecule has 0 bridgehead atoms. The topological polar surface area (TPSA) is 145 Å². The molecule has 1 radical (unpaired) electrons. The minimum atomic E-state index is -0.982. The van der Waals surface area contributed by atoms with Gasteiger partial charge in [-0.15, -0.1) is 0 Å². The zero-order valence-electron chi connectivity index (χ0n) is 16.7. The van der Waals surface area contributed by atoms with Gasteiger partial charge in [0.1, 0.15) is 0 Å². The molecule has 12 heteroatoms. The van der Waals surface area contributed by atoms with Crippen LogP contribution in [0.5, 0.6) is 0 Å². The van der Waals surface area contributed by atoms with Crippen molar-refractivity contribution in [3.8, 4) is 0 Å². The summed E-state index contributed by atoms with van der Waals surface area (Å²) < 4.78 is 0. The second-order valence-electron chi connectivity index (χ2n) is 7.16. The second kappa shape index (κ2) is 15.4. The minimum absolute atomic E-state index is 0. The average molecular weight is 562 g/mol. The standard InChI is InChI=1S/C17H32N4O7.Gd/c1-14(22)10-18-2-4-19(11-15(23)24)6-8-21(13-17(27)28)9-7-20(5-3-18)12-16(25)26;/h14,22H,2-13H2,1H3,(H,23,24)(H,25,26)(H,27,28);/q;+3. The summed E-state index contributed by atoms with van der Waals surface area (Å²) in [5, 5.41) is 37.1. The van der Waals surface area contributed by atoms with Crippen molar-refractivity contribution in [2.75, 3.05) is 78.5 Å². The second-order valence-corrected chi connectivity index (χ2v) is 7.16. The molecule has 0 amide bonds. The molecule has 1 fully saturated rings. The molecule has 167 valence electrons. The first-order chi connectivity index (χ1) is 13.2. The van der Waals surface area contributed by atoms with Crippen molar-refractivity contribution in [1.82, 2.24) is 19.6 Å². The first-order valence-electron chi connectivity index (χ1n) is 9.38. The van der Waals surface area contributed by atoms with Crippen LogP contribution in [0, 0.1) is 39.9 Å². The number of aliphatic hydroxyl groups excluding tert-OH is 1. The van der Waals surface area contributed by atoms with E-state index in [1.54, 1.807) is 21.6 Å². The molecule has 11 nitrogen and oxygen atoms in total. The van der Waals surface area contributed by atoms with Crippen molar-refractivity contribution in [3.05, 3.63) is 0 Å². The first-order valence-corrected chi connectivity index (χ1v) is 9.38. The average Bonchev–Trinajstić information content (AvgIpc) is 2.55. The fraction of sp³-hybridized carbons (Fsp3) is 0.824. The maximum absolute atomic E-state index is 11.1. The van der Waals surface area contributed by atoms with Crippen LogP contribution in [0.3, 0.4) is 0 Å². The Balaban J connectivity index is 0.00000784. The molecule has 1 aliphatic heterocycles. The Bertz CT molecular complexity index is 492. The van der Waals surface area contributed by atoms with E-state index in [0.717, 1.165) is 0 Å². The van der Waals surface area contributed by atoms with E-state index in [0.29, 0.717) is 58.9 Å². The van der Waals surface area contributed by atoms with Crippen LogP contribution in [0.2, 0.25) is 0 Å². The smallest absolute Gasteiger partial charge is 0.480 e. The van der Waals surface area contributed by atoms with Crippen LogP contribution in [0.4, 0.5) is 0 Å². The molecule has 1 heterocycles. The van der Waals surface area contributed by atoms with Gasteiger partial charge in [0.05, 0.1) is 25.7 Å². The fourth-order valence-corrected chi connectivity index (χ4v) is 3.18. The fourth-order valence-electron chi connectivity index (χ4n) is 3.18. The molecule has 0 saturated carbocycles. The molecular formula is C17H32GdN4O7+3. The number of β-amino-alcohol motifs (C(OH)–C–C–N with tert-alkyl or cyclic N) is 1. The van der Waals surface area contributed by atoms with Gasteiger partial charge in [-0.25, -0.2) is 0 Å². The van der Waals surface area contributed by atoms with Crippen LogP contribution < -0.4 is 0 Å². The summed E-state index contributed by atoms with van der Waals surface area (Å²) in [6.45, 7) is 5.10. The van der Waals surface area contributed by atoms with E-state index in [1.165, 1.54) is 0 Å². The molecule has 1 atom stereocenters. The van der Waals surface area contributed by atoms with E-state index in [1.807, 2.05) is 4.90 Å². The summed E-state index contributed by atoms with van der Waals surface area (Å²) in [4.78, 5) is 40.6. The first kappa shape index (κ1) is 28.5. The van der Waals surface area contributed by atoms with Crippen LogP contribution in [-0.4, -0.2) is 143 Å². The van der Waals surface area contributed by atoms with Crippen molar-refractivity contribution < 1.29 is 74.8 Å². The molecule has 0 aromatic rings. The molecule has 0 aromatic heterocycles. The molecule has 0 aromatic carbocycles. The Hall–Kier alpha value is -0.465. The number of carboxylic acid groups (broad SMARTS) is 3. The van der Waals surface area contributed by atoms with Crippen LogP contribution in [0.1, 0.15) is 6.92 Å².